The number of carbonyl (C=O) groups excluding carboxylic acids is 2. The molecule has 33 heavy (non-hydrogen) atoms. The van der Waals surface area contributed by atoms with Crippen LogP contribution in [0, 0.1) is 12.7 Å². The van der Waals surface area contributed by atoms with Crippen molar-refractivity contribution in [3.63, 3.8) is 0 Å². The van der Waals surface area contributed by atoms with Gasteiger partial charge in [0.2, 0.25) is 0 Å². The van der Waals surface area contributed by atoms with Crippen molar-refractivity contribution < 1.29 is 14.0 Å². The Morgan fingerprint density at radius 1 is 0.758 bits per heavy atom. The number of hydrogen-bond donors (Lipinski definition) is 0. The molecule has 0 atom stereocenters. The Morgan fingerprint density at radius 3 is 2.18 bits per heavy atom. The first-order valence-electron chi connectivity index (χ1n) is 11.3. The van der Waals surface area contributed by atoms with Crippen molar-refractivity contribution in [3.05, 3.63) is 100 Å². The van der Waals surface area contributed by atoms with Gasteiger partial charge in [0.15, 0.2) is 0 Å². The van der Waals surface area contributed by atoms with E-state index in [4.69, 9.17) is 0 Å². The van der Waals surface area contributed by atoms with E-state index in [0.29, 0.717) is 16.7 Å². The second-order valence-corrected chi connectivity index (χ2v) is 8.68. The molecule has 2 aliphatic rings. The maximum Gasteiger partial charge on any atom is 0.263 e. The molecule has 2 heterocycles. The van der Waals surface area contributed by atoms with E-state index in [9.17, 15) is 14.0 Å². The highest BCUT2D eigenvalue weighted by Crippen LogP contribution is 2.33. The number of hydrogen-bond acceptors (Lipinski definition) is 4. The Hall–Kier alpha value is -3.51. The molecule has 0 N–H and O–H groups in total. The van der Waals surface area contributed by atoms with E-state index < -0.39 is 5.82 Å². The van der Waals surface area contributed by atoms with Gasteiger partial charge >= 0.3 is 0 Å². The van der Waals surface area contributed by atoms with Gasteiger partial charge in [-0.25, -0.2) is 4.39 Å². The predicted molar refractivity (Wildman–Crippen MR) is 126 cm³/mol. The van der Waals surface area contributed by atoms with Gasteiger partial charge in [0, 0.05) is 38.3 Å². The minimum absolute atomic E-state index is 0.0668. The largest absolute Gasteiger partial charge is 0.368 e. The number of imide groups is 1. The van der Waals surface area contributed by atoms with Crippen molar-refractivity contribution in [1.29, 1.82) is 0 Å². The lowest BCUT2D eigenvalue weighted by molar-refractivity contribution is 0.0641. The van der Waals surface area contributed by atoms with Gasteiger partial charge in [0.25, 0.3) is 11.8 Å². The highest BCUT2D eigenvalue weighted by Gasteiger charge is 2.39. The molecule has 2 aliphatic heterocycles. The zero-order valence-corrected chi connectivity index (χ0v) is 18.6. The van der Waals surface area contributed by atoms with Crippen molar-refractivity contribution in [2.24, 2.45) is 0 Å². The fourth-order valence-electron chi connectivity index (χ4n) is 4.70. The van der Waals surface area contributed by atoms with Crippen LogP contribution in [0.25, 0.3) is 0 Å². The summed E-state index contributed by atoms with van der Waals surface area (Å²) in [6, 6.07) is 20.1. The Labute approximate surface area is 193 Å². The molecule has 3 aromatic rings. The van der Waals surface area contributed by atoms with Crippen molar-refractivity contribution in [3.8, 4) is 0 Å². The lowest BCUT2D eigenvalue weighted by Gasteiger charge is -2.37. The molecule has 1 fully saturated rings. The summed E-state index contributed by atoms with van der Waals surface area (Å²) in [4.78, 5) is 32.0. The third-order valence-electron chi connectivity index (χ3n) is 6.63. The molecule has 2 amide bonds. The average molecular weight is 444 g/mol. The molecule has 3 aromatic carbocycles. The van der Waals surface area contributed by atoms with Crippen molar-refractivity contribution in [2.75, 3.05) is 31.1 Å². The summed E-state index contributed by atoms with van der Waals surface area (Å²) in [7, 11) is 0. The van der Waals surface area contributed by atoms with Crippen LogP contribution in [0.5, 0.6) is 0 Å². The van der Waals surface area contributed by atoms with Crippen LogP contribution >= 0.6 is 0 Å². The summed E-state index contributed by atoms with van der Waals surface area (Å²) < 4.78 is 14.2. The number of anilines is 1. The molecule has 0 aromatic heterocycles. The molecule has 0 saturated carbocycles. The topological polar surface area (TPSA) is 43.9 Å². The summed E-state index contributed by atoms with van der Waals surface area (Å²) in [6.45, 7) is 6.27. The van der Waals surface area contributed by atoms with Crippen LogP contribution in [0.2, 0.25) is 0 Å². The molecule has 0 bridgehead atoms. The zero-order valence-electron chi connectivity index (χ0n) is 18.6. The van der Waals surface area contributed by atoms with Crippen LogP contribution in [-0.2, 0) is 13.1 Å². The van der Waals surface area contributed by atoms with Crippen LogP contribution < -0.4 is 4.90 Å². The number of nitrogens with zero attached hydrogens (tertiary/aromatic N) is 3. The van der Waals surface area contributed by atoms with E-state index in [0.717, 1.165) is 43.3 Å². The molecule has 5 rings (SSSR count). The fraction of sp³-hybridized carbons (Fsp3) is 0.259. The third-order valence-corrected chi connectivity index (χ3v) is 6.63. The van der Waals surface area contributed by atoms with Crippen LogP contribution in [0.4, 0.5) is 10.1 Å². The van der Waals surface area contributed by atoms with Crippen LogP contribution in [0.1, 0.15) is 37.4 Å². The number of benzene rings is 3. The normalized spacial score (nSPS) is 16.4. The van der Waals surface area contributed by atoms with Gasteiger partial charge in [-0.3, -0.25) is 19.4 Å². The third kappa shape index (κ3) is 4.02. The molecule has 6 heteroatoms. The molecule has 1 saturated heterocycles. The van der Waals surface area contributed by atoms with Gasteiger partial charge in [-0.1, -0.05) is 48.5 Å². The number of rotatable bonds is 5. The molecular formula is C27H26FN3O2. The second-order valence-electron chi connectivity index (χ2n) is 8.68. The lowest BCUT2D eigenvalue weighted by atomic mass is 10.1. The lowest BCUT2D eigenvalue weighted by Crippen LogP contribution is -2.46. The summed E-state index contributed by atoms with van der Waals surface area (Å²) in [5.41, 5.74) is 4.58. The van der Waals surface area contributed by atoms with Crippen molar-refractivity contribution in [1.82, 2.24) is 9.80 Å². The van der Waals surface area contributed by atoms with Crippen LogP contribution in [0.15, 0.2) is 66.7 Å². The number of fused-ring (bicyclic) bond motifs is 1. The van der Waals surface area contributed by atoms with E-state index in [1.54, 1.807) is 24.3 Å². The van der Waals surface area contributed by atoms with E-state index in [2.05, 4.69) is 41.0 Å². The van der Waals surface area contributed by atoms with E-state index >= 15 is 0 Å². The molecule has 0 radical (unpaired) electrons. The monoisotopic (exact) mass is 443 g/mol. The summed E-state index contributed by atoms with van der Waals surface area (Å²) in [6.07, 6.45) is 0. The molecule has 0 aliphatic carbocycles. The maximum atomic E-state index is 14.2. The molecular weight excluding hydrogens is 417 g/mol. The smallest absolute Gasteiger partial charge is 0.263 e. The average Bonchev–Trinajstić information content (AvgIpc) is 3.07. The number of carbonyl (C=O) groups is 2. The number of amides is 2. The Morgan fingerprint density at radius 2 is 1.45 bits per heavy atom. The minimum Gasteiger partial charge on any atom is -0.368 e. The van der Waals surface area contributed by atoms with Crippen LogP contribution in [0.3, 0.4) is 0 Å². The van der Waals surface area contributed by atoms with Gasteiger partial charge < -0.3 is 4.90 Å². The Bertz CT molecular complexity index is 1220. The first-order valence-corrected chi connectivity index (χ1v) is 11.3. The van der Waals surface area contributed by atoms with Gasteiger partial charge in [0.05, 0.1) is 23.4 Å². The fourth-order valence-corrected chi connectivity index (χ4v) is 4.70. The van der Waals surface area contributed by atoms with Gasteiger partial charge in [-0.2, -0.15) is 0 Å². The van der Waals surface area contributed by atoms with Crippen molar-refractivity contribution >= 4 is 17.5 Å². The minimum atomic E-state index is -0.418. The predicted octanol–water partition coefficient (Wildman–Crippen LogP) is 4.25. The van der Waals surface area contributed by atoms with E-state index in [1.807, 2.05) is 12.1 Å². The van der Waals surface area contributed by atoms with Crippen LogP contribution in [-0.4, -0.2) is 47.8 Å². The van der Waals surface area contributed by atoms with Crippen molar-refractivity contribution in [2.45, 2.75) is 20.0 Å². The molecule has 5 nitrogen and oxygen atoms in total. The van der Waals surface area contributed by atoms with Gasteiger partial charge in [0.1, 0.15) is 5.82 Å². The van der Waals surface area contributed by atoms with E-state index in [1.165, 1.54) is 17.2 Å². The molecule has 168 valence electrons. The quantitative estimate of drug-likeness (QED) is 0.553. The number of piperazine rings is 1. The summed E-state index contributed by atoms with van der Waals surface area (Å²) in [5, 5.41) is 0. The number of aryl methyl sites for hydroxylation is 1. The van der Waals surface area contributed by atoms with Gasteiger partial charge in [-0.15, -0.1) is 0 Å². The Balaban J connectivity index is 1.33. The highest BCUT2D eigenvalue weighted by molar-refractivity contribution is 6.23. The number of halogens is 1. The van der Waals surface area contributed by atoms with Gasteiger partial charge in [-0.05, 0) is 36.2 Å². The first kappa shape index (κ1) is 21.3. The Kier molecular flexibility index (Phi) is 5.68. The molecule has 0 spiro atoms. The highest BCUT2D eigenvalue weighted by atomic mass is 19.1. The first-order chi connectivity index (χ1) is 16.0. The molecule has 0 unspecified atom stereocenters. The summed E-state index contributed by atoms with van der Waals surface area (Å²) in [5.74, 6) is -1.13. The second kappa shape index (κ2) is 8.79. The SMILES string of the molecule is Cc1ccccc1CN1CCN(c2cccc3c2C(=O)N(Cc2ccccc2F)C3=O)CC1. The maximum absolute atomic E-state index is 14.2. The summed E-state index contributed by atoms with van der Waals surface area (Å²) >= 11 is 0. The standard InChI is InChI=1S/C27H26FN3O2/c1-19-7-2-3-8-20(19)17-29-13-15-30(16-14-29)24-12-6-10-22-25(24)27(33)31(26(22)32)18-21-9-4-5-11-23(21)28/h2-12H,13-18H2,1H3. The zero-order chi connectivity index (χ0) is 22.9. The van der Waals surface area contributed by atoms with E-state index in [-0.39, 0.29) is 18.4 Å².